The van der Waals surface area contributed by atoms with Crippen LogP contribution in [0.2, 0.25) is 0 Å². The molecule has 2 saturated heterocycles. The molecule has 1 unspecified atom stereocenters. The number of hydrogen-bond acceptors (Lipinski definition) is 7. The minimum absolute atomic E-state index is 0.00563. The maximum absolute atomic E-state index is 12.8. The SMILES string of the molecule is O=C(c1ccncc1)N1CCOC2(COCCN(c3cncnc3)C2)C1. The molecule has 1 amide bonds. The Hall–Kier alpha value is -2.58. The van der Waals surface area contributed by atoms with Gasteiger partial charge in [-0.2, -0.15) is 0 Å². The van der Waals surface area contributed by atoms with Crippen molar-refractivity contribution in [2.24, 2.45) is 0 Å². The predicted molar refractivity (Wildman–Crippen MR) is 93.9 cm³/mol. The zero-order valence-corrected chi connectivity index (χ0v) is 14.5. The minimum atomic E-state index is -0.562. The molecule has 2 aliphatic heterocycles. The number of ether oxygens (including phenoxy) is 2. The van der Waals surface area contributed by atoms with Crippen molar-refractivity contribution in [3.8, 4) is 0 Å². The van der Waals surface area contributed by atoms with Gasteiger partial charge in [-0.3, -0.25) is 9.78 Å². The molecule has 0 aromatic carbocycles. The van der Waals surface area contributed by atoms with Crippen LogP contribution in [0.4, 0.5) is 5.69 Å². The fourth-order valence-corrected chi connectivity index (χ4v) is 3.46. The predicted octanol–water partition coefficient (Wildman–Crippen LogP) is 0.620. The van der Waals surface area contributed by atoms with E-state index in [0.717, 1.165) is 12.2 Å². The Morgan fingerprint density at radius 2 is 1.85 bits per heavy atom. The molecule has 136 valence electrons. The number of pyridine rings is 1. The molecule has 0 radical (unpaired) electrons. The molecule has 8 heteroatoms. The third-order valence-corrected chi connectivity index (χ3v) is 4.72. The first kappa shape index (κ1) is 16.9. The molecule has 4 heterocycles. The zero-order valence-electron chi connectivity index (χ0n) is 14.5. The standard InChI is InChI=1S/C18H21N5O3/c24-17(15-1-3-19-4-2-15)23-6-8-26-18(12-23)11-22(5-7-25-13-18)16-9-20-14-21-10-16/h1-4,9-10,14H,5-8,11-13H2. The third-order valence-electron chi connectivity index (χ3n) is 4.72. The van der Waals surface area contributed by atoms with Gasteiger partial charge in [0.05, 0.1) is 51.0 Å². The van der Waals surface area contributed by atoms with Crippen molar-refractivity contribution in [3.05, 3.63) is 48.8 Å². The lowest BCUT2D eigenvalue weighted by Crippen LogP contribution is -2.60. The number of hydrogen-bond donors (Lipinski definition) is 0. The van der Waals surface area contributed by atoms with Gasteiger partial charge in [-0.05, 0) is 12.1 Å². The summed E-state index contributed by atoms with van der Waals surface area (Å²) in [6.45, 7) is 3.95. The van der Waals surface area contributed by atoms with Crippen LogP contribution >= 0.6 is 0 Å². The van der Waals surface area contributed by atoms with Gasteiger partial charge in [0.15, 0.2) is 0 Å². The first-order valence-electron chi connectivity index (χ1n) is 8.67. The molecule has 2 aromatic rings. The Morgan fingerprint density at radius 1 is 1.04 bits per heavy atom. The summed E-state index contributed by atoms with van der Waals surface area (Å²) < 4.78 is 12.0. The molecule has 2 fully saturated rings. The fourth-order valence-electron chi connectivity index (χ4n) is 3.46. The summed E-state index contributed by atoms with van der Waals surface area (Å²) in [5.41, 5.74) is 1.01. The Kier molecular flexibility index (Phi) is 4.77. The van der Waals surface area contributed by atoms with Gasteiger partial charge in [0.2, 0.25) is 0 Å². The van der Waals surface area contributed by atoms with Gasteiger partial charge in [-0.15, -0.1) is 0 Å². The van der Waals surface area contributed by atoms with Crippen molar-refractivity contribution in [1.82, 2.24) is 19.9 Å². The van der Waals surface area contributed by atoms with Crippen LogP contribution in [-0.4, -0.2) is 77.4 Å². The van der Waals surface area contributed by atoms with E-state index in [1.807, 2.05) is 4.90 Å². The third kappa shape index (κ3) is 3.51. The van der Waals surface area contributed by atoms with Crippen molar-refractivity contribution >= 4 is 11.6 Å². The van der Waals surface area contributed by atoms with E-state index in [9.17, 15) is 4.79 Å². The molecule has 8 nitrogen and oxygen atoms in total. The summed E-state index contributed by atoms with van der Waals surface area (Å²) in [6, 6.07) is 3.48. The summed E-state index contributed by atoms with van der Waals surface area (Å²) in [4.78, 5) is 29.0. The van der Waals surface area contributed by atoms with Gasteiger partial charge in [0, 0.05) is 31.0 Å². The van der Waals surface area contributed by atoms with Crippen molar-refractivity contribution in [1.29, 1.82) is 0 Å². The number of anilines is 1. The minimum Gasteiger partial charge on any atom is -0.376 e. The summed E-state index contributed by atoms with van der Waals surface area (Å²) >= 11 is 0. The van der Waals surface area contributed by atoms with E-state index < -0.39 is 5.60 Å². The lowest BCUT2D eigenvalue weighted by Gasteiger charge is -2.43. The van der Waals surface area contributed by atoms with E-state index in [4.69, 9.17) is 9.47 Å². The number of morpholine rings is 1. The normalized spacial score (nSPS) is 23.7. The quantitative estimate of drug-likeness (QED) is 0.781. The van der Waals surface area contributed by atoms with E-state index in [-0.39, 0.29) is 5.91 Å². The summed E-state index contributed by atoms with van der Waals surface area (Å²) in [6.07, 6.45) is 8.36. The lowest BCUT2D eigenvalue weighted by atomic mass is 10.0. The van der Waals surface area contributed by atoms with Crippen LogP contribution < -0.4 is 4.90 Å². The van der Waals surface area contributed by atoms with E-state index >= 15 is 0 Å². The molecule has 2 aliphatic rings. The Bertz CT molecular complexity index is 745. The van der Waals surface area contributed by atoms with Gasteiger partial charge in [-0.1, -0.05) is 0 Å². The lowest BCUT2D eigenvalue weighted by molar-refractivity contribution is -0.124. The van der Waals surface area contributed by atoms with Gasteiger partial charge in [0.25, 0.3) is 5.91 Å². The second-order valence-corrected chi connectivity index (χ2v) is 6.56. The Labute approximate surface area is 151 Å². The highest BCUT2D eigenvalue weighted by Gasteiger charge is 2.42. The van der Waals surface area contributed by atoms with Crippen molar-refractivity contribution in [2.45, 2.75) is 5.60 Å². The largest absolute Gasteiger partial charge is 0.376 e. The topological polar surface area (TPSA) is 80.7 Å². The van der Waals surface area contributed by atoms with Crippen LogP contribution in [0.25, 0.3) is 0 Å². The number of carbonyl (C=O) groups is 1. The number of amides is 1. The number of aromatic nitrogens is 3. The molecule has 0 saturated carbocycles. The zero-order chi connectivity index (χ0) is 17.8. The smallest absolute Gasteiger partial charge is 0.254 e. The van der Waals surface area contributed by atoms with Crippen LogP contribution in [0.1, 0.15) is 10.4 Å². The van der Waals surface area contributed by atoms with Crippen LogP contribution in [0, 0.1) is 0 Å². The molecular weight excluding hydrogens is 334 g/mol. The monoisotopic (exact) mass is 355 g/mol. The van der Waals surface area contributed by atoms with Gasteiger partial charge < -0.3 is 19.3 Å². The Balaban J connectivity index is 1.53. The van der Waals surface area contributed by atoms with E-state index in [1.54, 1.807) is 36.9 Å². The molecular formula is C18H21N5O3. The highest BCUT2D eigenvalue weighted by Crippen LogP contribution is 2.26. The van der Waals surface area contributed by atoms with E-state index in [1.165, 1.54) is 6.33 Å². The van der Waals surface area contributed by atoms with Gasteiger partial charge in [0.1, 0.15) is 11.9 Å². The summed E-state index contributed by atoms with van der Waals surface area (Å²) in [7, 11) is 0. The van der Waals surface area contributed by atoms with Gasteiger partial charge in [-0.25, -0.2) is 9.97 Å². The van der Waals surface area contributed by atoms with Crippen molar-refractivity contribution in [2.75, 3.05) is 50.9 Å². The number of carbonyl (C=O) groups excluding carboxylic acids is 1. The first-order valence-corrected chi connectivity index (χ1v) is 8.67. The Morgan fingerprint density at radius 3 is 2.65 bits per heavy atom. The van der Waals surface area contributed by atoms with Crippen LogP contribution in [0.5, 0.6) is 0 Å². The van der Waals surface area contributed by atoms with E-state index in [0.29, 0.717) is 45.0 Å². The maximum atomic E-state index is 12.8. The molecule has 26 heavy (non-hydrogen) atoms. The fraction of sp³-hybridized carbons (Fsp3) is 0.444. The van der Waals surface area contributed by atoms with E-state index in [2.05, 4.69) is 19.9 Å². The summed E-state index contributed by atoms with van der Waals surface area (Å²) in [5, 5.41) is 0. The number of nitrogens with zero attached hydrogens (tertiary/aromatic N) is 5. The maximum Gasteiger partial charge on any atom is 0.254 e. The second kappa shape index (κ2) is 7.35. The molecule has 1 spiro atoms. The van der Waals surface area contributed by atoms with Gasteiger partial charge >= 0.3 is 0 Å². The highest BCUT2D eigenvalue weighted by molar-refractivity contribution is 5.94. The average molecular weight is 355 g/mol. The second-order valence-electron chi connectivity index (χ2n) is 6.56. The van der Waals surface area contributed by atoms with Crippen molar-refractivity contribution in [3.63, 3.8) is 0 Å². The molecule has 1 atom stereocenters. The summed E-state index contributed by atoms with van der Waals surface area (Å²) in [5.74, 6) is -0.00563. The van der Waals surface area contributed by atoms with Crippen LogP contribution in [-0.2, 0) is 9.47 Å². The average Bonchev–Trinajstić information content (AvgIpc) is 2.91. The molecule has 0 aliphatic carbocycles. The number of rotatable bonds is 2. The highest BCUT2D eigenvalue weighted by atomic mass is 16.5. The van der Waals surface area contributed by atoms with Crippen LogP contribution in [0.3, 0.4) is 0 Å². The molecule has 2 aromatic heterocycles. The van der Waals surface area contributed by atoms with Crippen LogP contribution in [0.15, 0.2) is 43.2 Å². The van der Waals surface area contributed by atoms with Crippen molar-refractivity contribution < 1.29 is 14.3 Å². The molecule has 0 bridgehead atoms. The molecule has 0 N–H and O–H groups in total. The molecule has 4 rings (SSSR count). The first-order chi connectivity index (χ1) is 12.8.